The van der Waals surface area contributed by atoms with Gasteiger partial charge >= 0.3 is 12.2 Å². The predicted molar refractivity (Wildman–Crippen MR) is 338 cm³/mol. The van der Waals surface area contributed by atoms with Crippen LogP contribution in [0.4, 0.5) is 18.4 Å². The minimum absolute atomic E-state index is 0.232. The molecule has 22 heteroatoms. The summed E-state index contributed by atoms with van der Waals surface area (Å²) in [7, 11) is 1.29. The standard InChI is InChI=1S/2C32H43FN6O3Si/c2*1-21-14-22(27-10-9-11-38(27)31(40)42-32(2,3)4)15-25(33)29(21)26-16-24-28(18-34-26)39(20-41-12-13-43(6,7)8)36-30(24)23-17-35-37(5)19-23/h2*14-19,27H,9-13,20H2,1-8H3. The first kappa shape index (κ1) is 63.4. The summed E-state index contributed by atoms with van der Waals surface area (Å²) in [5.74, 6) is -0.745. The minimum atomic E-state index is -1.22. The van der Waals surface area contributed by atoms with E-state index in [-0.39, 0.29) is 35.9 Å². The maximum Gasteiger partial charge on any atom is 0.410 e. The molecule has 2 aliphatic heterocycles. The molecule has 0 saturated carbocycles. The quantitative estimate of drug-likeness (QED) is 0.0662. The maximum atomic E-state index is 16.0. The number of likely N-dealkylation sites (tertiary alicyclic amines) is 2. The molecule has 2 atom stereocenters. The first-order chi connectivity index (χ1) is 40.4. The summed E-state index contributed by atoms with van der Waals surface area (Å²) < 4.78 is 62.3. The second-order valence-electron chi connectivity index (χ2n) is 27.4. The highest BCUT2D eigenvalue weighted by Crippen LogP contribution is 2.41. The zero-order valence-electron chi connectivity index (χ0n) is 53.1. The summed E-state index contributed by atoms with van der Waals surface area (Å²) in [6.07, 6.45) is 13.3. The van der Waals surface area contributed by atoms with Gasteiger partial charge in [0.05, 0.1) is 59.3 Å². The van der Waals surface area contributed by atoms with E-state index in [0.29, 0.717) is 62.3 Å². The van der Waals surface area contributed by atoms with Crippen LogP contribution >= 0.6 is 0 Å². The fourth-order valence-electron chi connectivity index (χ4n) is 11.1. The van der Waals surface area contributed by atoms with Crippen LogP contribution in [-0.4, -0.2) is 125 Å². The van der Waals surface area contributed by atoms with E-state index in [0.717, 1.165) is 104 Å². The first-order valence-electron chi connectivity index (χ1n) is 29.9. The number of hydrogen-bond acceptors (Lipinski definition) is 12. The van der Waals surface area contributed by atoms with Gasteiger partial charge in [0.1, 0.15) is 47.7 Å². The average molecular weight is 1210 g/mol. The number of pyridine rings is 2. The van der Waals surface area contributed by atoms with Crippen LogP contribution in [-0.2, 0) is 46.5 Å². The van der Waals surface area contributed by atoms with Crippen molar-refractivity contribution in [2.24, 2.45) is 14.1 Å². The molecule has 86 heavy (non-hydrogen) atoms. The molecule has 2 amide bonds. The number of benzene rings is 2. The van der Waals surface area contributed by atoms with Gasteiger partial charge in [0.2, 0.25) is 0 Å². The van der Waals surface area contributed by atoms with E-state index in [1.165, 1.54) is 0 Å². The Morgan fingerprint density at radius 3 is 1.29 bits per heavy atom. The Labute approximate surface area is 506 Å². The van der Waals surface area contributed by atoms with Crippen LogP contribution in [0.3, 0.4) is 0 Å². The Morgan fingerprint density at radius 2 is 0.965 bits per heavy atom. The van der Waals surface area contributed by atoms with Gasteiger partial charge in [-0.1, -0.05) is 51.4 Å². The molecule has 0 aliphatic carbocycles. The second kappa shape index (κ2) is 25.3. The Bertz CT molecular complexity index is 3460. The number of nitrogens with zero attached hydrogens (tertiary/aromatic N) is 12. The molecule has 8 aromatic rings. The van der Waals surface area contributed by atoms with Gasteiger partial charge in [-0.3, -0.25) is 19.3 Å². The number of fused-ring (bicyclic) bond motifs is 2. The van der Waals surface area contributed by atoms with Crippen molar-refractivity contribution >= 4 is 50.1 Å². The van der Waals surface area contributed by atoms with Crippen LogP contribution in [0.5, 0.6) is 0 Å². The number of carbonyl (C=O) groups is 2. The normalized spacial score (nSPS) is 15.9. The zero-order valence-corrected chi connectivity index (χ0v) is 55.1. The molecule has 0 N–H and O–H groups in total. The molecule has 10 rings (SSSR count). The number of hydrogen-bond donors (Lipinski definition) is 0. The minimum Gasteiger partial charge on any atom is -0.444 e. The fourth-order valence-corrected chi connectivity index (χ4v) is 12.6. The third kappa shape index (κ3) is 15.1. The Kier molecular flexibility index (Phi) is 18.6. The number of amides is 2. The van der Waals surface area contributed by atoms with Crippen molar-refractivity contribution in [3.05, 3.63) is 107 Å². The van der Waals surface area contributed by atoms with E-state index in [1.54, 1.807) is 56.1 Å². The van der Waals surface area contributed by atoms with Crippen LogP contribution in [0.25, 0.3) is 66.8 Å². The van der Waals surface area contributed by atoms with Gasteiger partial charge in [-0.2, -0.15) is 20.4 Å². The highest BCUT2D eigenvalue weighted by molar-refractivity contribution is 6.76. The topological polar surface area (TPSA) is 175 Å². The largest absolute Gasteiger partial charge is 0.444 e. The molecule has 2 saturated heterocycles. The molecule has 460 valence electrons. The first-order valence-corrected chi connectivity index (χ1v) is 37.3. The summed E-state index contributed by atoms with van der Waals surface area (Å²) >= 11 is 0. The zero-order chi connectivity index (χ0) is 62.2. The van der Waals surface area contributed by atoms with Gasteiger partial charge in [-0.25, -0.2) is 27.7 Å². The summed E-state index contributed by atoms with van der Waals surface area (Å²) in [5, 5.41) is 20.1. The Hall–Kier alpha value is -7.15. The third-order valence-electron chi connectivity index (χ3n) is 15.3. The molecule has 0 bridgehead atoms. The summed E-state index contributed by atoms with van der Waals surface area (Å²) in [6.45, 7) is 32.0. The van der Waals surface area contributed by atoms with Crippen LogP contribution in [0.1, 0.15) is 102 Å². The van der Waals surface area contributed by atoms with Crippen LogP contribution in [0.15, 0.2) is 73.6 Å². The summed E-state index contributed by atoms with van der Waals surface area (Å²) in [6, 6.07) is 12.5. The van der Waals surface area contributed by atoms with Gasteiger partial charge in [0.15, 0.2) is 0 Å². The van der Waals surface area contributed by atoms with Crippen molar-refractivity contribution < 1.29 is 37.3 Å². The molecule has 2 unspecified atom stereocenters. The second-order valence-corrected chi connectivity index (χ2v) is 38.7. The maximum absolute atomic E-state index is 16.0. The lowest BCUT2D eigenvalue weighted by Gasteiger charge is -2.29. The van der Waals surface area contributed by atoms with Crippen LogP contribution < -0.4 is 0 Å². The Balaban J connectivity index is 0.000000205. The van der Waals surface area contributed by atoms with E-state index < -0.39 is 27.3 Å². The van der Waals surface area contributed by atoms with Crippen molar-refractivity contribution in [3.8, 4) is 45.0 Å². The van der Waals surface area contributed by atoms with E-state index in [4.69, 9.17) is 39.1 Å². The molecule has 0 radical (unpaired) electrons. The fraction of sp³-hybridized carbons (Fsp3) is 0.500. The lowest BCUT2D eigenvalue weighted by molar-refractivity contribution is 0.0213. The number of rotatable bonds is 16. The van der Waals surface area contributed by atoms with Crippen molar-refractivity contribution in [2.75, 3.05) is 26.3 Å². The molecule has 18 nitrogen and oxygen atoms in total. The Morgan fingerprint density at radius 1 is 0.581 bits per heavy atom. The van der Waals surface area contributed by atoms with Crippen molar-refractivity contribution in [1.82, 2.24) is 58.9 Å². The highest BCUT2D eigenvalue weighted by Gasteiger charge is 2.36. The predicted octanol–water partition coefficient (Wildman–Crippen LogP) is 14.7. The molecular weight excluding hydrogens is 1130 g/mol. The van der Waals surface area contributed by atoms with E-state index in [1.807, 2.05) is 116 Å². The molecular formula is C64H86F2N12O6Si2. The van der Waals surface area contributed by atoms with Gasteiger partial charge in [0, 0.05) is 102 Å². The van der Waals surface area contributed by atoms with Crippen molar-refractivity contribution in [3.63, 3.8) is 0 Å². The van der Waals surface area contributed by atoms with Crippen LogP contribution in [0.2, 0.25) is 51.4 Å². The van der Waals surface area contributed by atoms with E-state index >= 15 is 8.78 Å². The molecule has 2 fully saturated rings. The molecule has 6 aromatic heterocycles. The molecule has 2 aromatic carbocycles. The van der Waals surface area contributed by atoms with Gasteiger partial charge in [0.25, 0.3) is 0 Å². The smallest absolute Gasteiger partial charge is 0.410 e. The highest BCUT2D eigenvalue weighted by atomic mass is 28.3. The van der Waals surface area contributed by atoms with Crippen molar-refractivity contribution in [1.29, 1.82) is 0 Å². The summed E-state index contributed by atoms with van der Waals surface area (Å²) in [4.78, 5) is 38.6. The number of aryl methyl sites for hydroxylation is 4. The molecule has 0 spiro atoms. The molecule has 2 aliphatic rings. The van der Waals surface area contributed by atoms with Gasteiger partial charge in [-0.15, -0.1) is 0 Å². The van der Waals surface area contributed by atoms with E-state index in [2.05, 4.69) is 49.5 Å². The molecule has 8 heterocycles. The van der Waals surface area contributed by atoms with Gasteiger partial charge in [-0.05, 0) is 140 Å². The monoisotopic (exact) mass is 1210 g/mol. The van der Waals surface area contributed by atoms with E-state index in [9.17, 15) is 9.59 Å². The van der Waals surface area contributed by atoms with Gasteiger partial charge < -0.3 is 28.7 Å². The number of aromatic nitrogens is 10. The summed E-state index contributed by atoms with van der Waals surface area (Å²) in [5.41, 5.74) is 8.59. The van der Waals surface area contributed by atoms with Crippen LogP contribution in [0, 0.1) is 25.5 Å². The van der Waals surface area contributed by atoms with Crippen molar-refractivity contribution in [2.45, 2.75) is 169 Å². The number of halogens is 2. The number of carbonyl (C=O) groups excluding carboxylic acids is 2. The SMILES string of the molecule is Cc1cc(C2CCCN2C(=O)OC(C)(C)C)cc(F)c1-c1cc2c(-c3cnn(C)c3)nn(COCC[Si](C)(C)C)c2cn1.Cc1cc(C2CCCN2C(=O)OC(C)(C)C)cc(F)c1-c1cc2c(-c3cnn(C)c3)nn(COCC[Si](C)(C)C)c2cn1. The number of ether oxygens (including phenoxy) is 4. The average Bonchev–Trinajstić information content (AvgIpc) is 3.68. The lowest BCUT2D eigenvalue weighted by atomic mass is 9.96. The lowest BCUT2D eigenvalue weighted by Crippen LogP contribution is -2.36. The third-order valence-corrected chi connectivity index (χ3v) is 18.7.